The largest absolute Gasteiger partial charge is 0.370 e. The Bertz CT molecular complexity index is 700. The molecule has 4 nitrogen and oxygen atoms in total. The van der Waals surface area contributed by atoms with E-state index in [-0.39, 0.29) is 0 Å². The molecule has 0 N–H and O–H groups in total. The molecule has 1 aliphatic rings. The molecule has 3 heterocycles. The predicted octanol–water partition coefficient (Wildman–Crippen LogP) is 3.12. The van der Waals surface area contributed by atoms with Crippen LogP contribution in [0.5, 0.6) is 0 Å². The zero-order valence-corrected chi connectivity index (χ0v) is 12.5. The summed E-state index contributed by atoms with van der Waals surface area (Å²) in [6.07, 6.45) is 5.63. The average Bonchev–Trinajstić information content (AvgIpc) is 2.56. The second-order valence-corrected chi connectivity index (χ2v) is 5.65. The highest BCUT2D eigenvalue weighted by Crippen LogP contribution is 2.38. The van der Waals surface area contributed by atoms with Gasteiger partial charge in [0.25, 0.3) is 0 Å². The number of nitrogens with zero attached hydrogens (tertiary/aromatic N) is 4. The van der Waals surface area contributed by atoms with Gasteiger partial charge in [0.1, 0.15) is 11.7 Å². The van der Waals surface area contributed by atoms with Gasteiger partial charge in [-0.3, -0.25) is 9.97 Å². The van der Waals surface area contributed by atoms with E-state index in [9.17, 15) is 5.26 Å². The second kappa shape index (κ2) is 5.72. The highest BCUT2D eigenvalue weighted by Gasteiger charge is 2.36. The number of aromatic nitrogens is 2. The molecule has 0 aromatic carbocycles. The summed E-state index contributed by atoms with van der Waals surface area (Å²) >= 11 is 0. The van der Waals surface area contributed by atoms with Crippen molar-refractivity contribution >= 4 is 5.69 Å². The minimum Gasteiger partial charge on any atom is -0.370 e. The first-order valence-electron chi connectivity index (χ1n) is 7.33. The van der Waals surface area contributed by atoms with Crippen molar-refractivity contribution in [1.29, 1.82) is 5.26 Å². The molecule has 1 aliphatic heterocycles. The highest BCUT2D eigenvalue weighted by molar-refractivity contribution is 5.59. The molecule has 0 spiro atoms. The fourth-order valence-corrected chi connectivity index (χ4v) is 2.91. The summed E-state index contributed by atoms with van der Waals surface area (Å²) in [5, 5.41) is 9.22. The summed E-state index contributed by atoms with van der Waals surface area (Å²) in [5.41, 5.74) is 1.56. The number of pyridine rings is 2. The SMILES string of the molecule is Cc1cc(N2CCC(F)(c3cccnc3)CC2)c(C#N)cn1. The summed E-state index contributed by atoms with van der Waals surface area (Å²) in [4.78, 5) is 10.2. The fourth-order valence-electron chi connectivity index (χ4n) is 2.91. The van der Waals surface area contributed by atoms with E-state index in [1.54, 1.807) is 30.7 Å². The standard InChI is InChI=1S/C17H17FN4/c1-13-9-16(14(10-19)11-21-13)22-7-4-17(18,5-8-22)15-3-2-6-20-12-15/h2-3,6,9,11-12H,4-5,7-8H2,1H3. The van der Waals surface area contributed by atoms with Crippen LogP contribution in [0.2, 0.25) is 0 Å². The molecular weight excluding hydrogens is 279 g/mol. The van der Waals surface area contributed by atoms with Crippen molar-refractivity contribution in [1.82, 2.24) is 9.97 Å². The Morgan fingerprint density at radius 1 is 1.32 bits per heavy atom. The maximum Gasteiger partial charge on any atom is 0.140 e. The Morgan fingerprint density at radius 3 is 2.73 bits per heavy atom. The first-order chi connectivity index (χ1) is 10.6. The third-order valence-electron chi connectivity index (χ3n) is 4.21. The van der Waals surface area contributed by atoms with Gasteiger partial charge in [-0.2, -0.15) is 5.26 Å². The first-order valence-corrected chi connectivity index (χ1v) is 7.33. The molecule has 0 saturated carbocycles. The lowest BCUT2D eigenvalue weighted by molar-refractivity contribution is 0.124. The van der Waals surface area contributed by atoms with E-state index >= 15 is 4.39 Å². The van der Waals surface area contributed by atoms with Gasteiger partial charge in [0.05, 0.1) is 11.3 Å². The summed E-state index contributed by atoms with van der Waals surface area (Å²) in [6.45, 7) is 3.04. The van der Waals surface area contributed by atoms with Gasteiger partial charge in [0.15, 0.2) is 0 Å². The molecule has 0 aliphatic carbocycles. The molecule has 0 unspecified atom stereocenters. The Hall–Kier alpha value is -2.48. The third-order valence-corrected chi connectivity index (χ3v) is 4.21. The van der Waals surface area contributed by atoms with Gasteiger partial charge in [0.2, 0.25) is 0 Å². The summed E-state index contributed by atoms with van der Waals surface area (Å²) in [6, 6.07) is 7.62. The topological polar surface area (TPSA) is 52.8 Å². The van der Waals surface area contributed by atoms with Gasteiger partial charge in [0, 0.05) is 55.8 Å². The van der Waals surface area contributed by atoms with Gasteiger partial charge in [-0.1, -0.05) is 6.07 Å². The lowest BCUT2D eigenvalue weighted by Crippen LogP contribution is -2.40. The van der Waals surface area contributed by atoms with Crippen molar-refractivity contribution < 1.29 is 4.39 Å². The Morgan fingerprint density at radius 2 is 2.09 bits per heavy atom. The van der Waals surface area contributed by atoms with Crippen molar-refractivity contribution in [3.05, 3.63) is 53.6 Å². The number of piperidine rings is 1. The first kappa shape index (κ1) is 14.5. The van der Waals surface area contributed by atoms with Crippen LogP contribution in [-0.2, 0) is 5.67 Å². The van der Waals surface area contributed by atoms with Gasteiger partial charge >= 0.3 is 0 Å². The molecular formula is C17H17FN4. The molecule has 0 atom stereocenters. The van der Waals surface area contributed by atoms with Crippen molar-refractivity contribution in [2.45, 2.75) is 25.4 Å². The minimum absolute atomic E-state index is 0.394. The molecule has 5 heteroatoms. The van der Waals surface area contributed by atoms with E-state index in [1.165, 1.54) is 0 Å². The van der Waals surface area contributed by atoms with Crippen molar-refractivity contribution in [2.75, 3.05) is 18.0 Å². The van der Waals surface area contributed by atoms with Crippen LogP contribution in [0.25, 0.3) is 0 Å². The monoisotopic (exact) mass is 296 g/mol. The Balaban J connectivity index is 1.81. The van der Waals surface area contributed by atoms with Crippen LogP contribution in [0, 0.1) is 18.3 Å². The maximum absolute atomic E-state index is 15.1. The van der Waals surface area contributed by atoms with Crippen molar-refractivity contribution in [3.8, 4) is 6.07 Å². The van der Waals surface area contributed by atoms with Gasteiger partial charge in [-0.15, -0.1) is 0 Å². The zero-order valence-electron chi connectivity index (χ0n) is 12.5. The number of alkyl halides is 1. The number of hydrogen-bond donors (Lipinski definition) is 0. The molecule has 1 saturated heterocycles. The lowest BCUT2D eigenvalue weighted by atomic mass is 9.87. The van der Waals surface area contributed by atoms with E-state index in [4.69, 9.17) is 0 Å². The van der Waals surface area contributed by atoms with E-state index in [1.807, 2.05) is 13.0 Å². The second-order valence-electron chi connectivity index (χ2n) is 5.65. The van der Waals surface area contributed by atoms with Crippen LogP contribution in [0.1, 0.15) is 29.7 Å². The molecule has 0 radical (unpaired) electrons. The predicted molar refractivity (Wildman–Crippen MR) is 82.2 cm³/mol. The van der Waals surface area contributed by atoms with E-state index < -0.39 is 5.67 Å². The summed E-state index contributed by atoms with van der Waals surface area (Å²) < 4.78 is 15.1. The van der Waals surface area contributed by atoms with Crippen LogP contribution in [0.15, 0.2) is 36.8 Å². The Labute approximate surface area is 129 Å². The number of nitriles is 1. The molecule has 3 rings (SSSR count). The average molecular weight is 296 g/mol. The van der Waals surface area contributed by atoms with Crippen LogP contribution >= 0.6 is 0 Å². The minimum atomic E-state index is -1.33. The molecule has 2 aromatic rings. The van der Waals surface area contributed by atoms with E-state index in [2.05, 4.69) is 20.9 Å². The fraction of sp³-hybridized carbons (Fsp3) is 0.353. The maximum atomic E-state index is 15.1. The van der Waals surface area contributed by atoms with Gasteiger partial charge in [-0.05, 0) is 19.1 Å². The molecule has 112 valence electrons. The van der Waals surface area contributed by atoms with Gasteiger partial charge < -0.3 is 4.90 Å². The van der Waals surface area contributed by atoms with Crippen molar-refractivity contribution in [3.63, 3.8) is 0 Å². The number of anilines is 1. The van der Waals surface area contributed by atoms with Crippen LogP contribution < -0.4 is 4.90 Å². The number of aryl methyl sites for hydroxylation is 1. The van der Waals surface area contributed by atoms with Crippen LogP contribution in [0.3, 0.4) is 0 Å². The smallest absolute Gasteiger partial charge is 0.140 e. The van der Waals surface area contributed by atoms with Crippen LogP contribution in [-0.4, -0.2) is 23.1 Å². The number of halogens is 1. The molecule has 0 amide bonds. The Kier molecular flexibility index (Phi) is 3.76. The third kappa shape index (κ3) is 2.64. The number of rotatable bonds is 2. The van der Waals surface area contributed by atoms with Gasteiger partial charge in [-0.25, -0.2) is 4.39 Å². The van der Waals surface area contributed by atoms with E-state index in [0.717, 1.165) is 11.4 Å². The quantitative estimate of drug-likeness (QED) is 0.854. The molecule has 0 bridgehead atoms. The summed E-state index contributed by atoms with van der Waals surface area (Å²) in [7, 11) is 0. The van der Waals surface area contributed by atoms with Crippen molar-refractivity contribution in [2.24, 2.45) is 0 Å². The normalized spacial score (nSPS) is 17.0. The highest BCUT2D eigenvalue weighted by atomic mass is 19.1. The molecule has 22 heavy (non-hydrogen) atoms. The van der Waals surface area contributed by atoms with Crippen LogP contribution in [0.4, 0.5) is 10.1 Å². The molecule has 2 aromatic heterocycles. The molecule has 1 fully saturated rings. The zero-order chi connectivity index (χ0) is 15.6. The summed E-state index contributed by atoms with van der Waals surface area (Å²) in [5.74, 6) is 0. The number of hydrogen-bond acceptors (Lipinski definition) is 4. The lowest BCUT2D eigenvalue weighted by Gasteiger charge is -2.38. The van der Waals surface area contributed by atoms with E-state index in [0.29, 0.717) is 37.1 Å².